The van der Waals surface area contributed by atoms with E-state index >= 15 is 0 Å². The molecule has 6 aliphatic heterocycles. The third-order valence-corrected chi connectivity index (χ3v) is 11.8. The molecule has 13 nitrogen and oxygen atoms in total. The summed E-state index contributed by atoms with van der Waals surface area (Å²) in [5, 5.41) is 7.17. The molecule has 1 aliphatic carbocycles. The molecule has 2 aromatic carbocycles. The van der Waals surface area contributed by atoms with Crippen LogP contribution in [0, 0.1) is 13.8 Å². The Balaban J connectivity index is 1.05. The van der Waals surface area contributed by atoms with Crippen molar-refractivity contribution in [3.8, 4) is 0 Å². The van der Waals surface area contributed by atoms with Gasteiger partial charge in [-0.1, -0.05) is 12.2 Å². The van der Waals surface area contributed by atoms with Gasteiger partial charge in [0.2, 0.25) is 17.8 Å². The van der Waals surface area contributed by atoms with Gasteiger partial charge < -0.3 is 34.0 Å². The fourth-order valence-corrected chi connectivity index (χ4v) is 8.77. The van der Waals surface area contributed by atoms with Gasteiger partial charge in [0.1, 0.15) is 17.6 Å². The lowest BCUT2D eigenvalue weighted by Crippen LogP contribution is -2.43. The van der Waals surface area contributed by atoms with E-state index in [0.29, 0.717) is 35.4 Å². The van der Waals surface area contributed by atoms with Gasteiger partial charge in [0, 0.05) is 67.2 Å². The highest BCUT2D eigenvalue weighted by Crippen LogP contribution is 2.39. The van der Waals surface area contributed by atoms with Crippen LogP contribution >= 0.6 is 0 Å². The number of anilines is 6. The zero-order chi connectivity index (χ0) is 40.2. The normalized spacial score (nSPS) is 20.7. The predicted octanol–water partition coefficient (Wildman–Crippen LogP) is 9.77. The molecule has 2 saturated heterocycles. The number of amidine groups is 1. The number of hydrogen-bond donors (Lipinski definition) is 2. The highest BCUT2D eigenvalue weighted by Gasteiger charge is 2.37. The van der Waals surface area contributed by atoms with Crippen molar-refractivity contribution < 1.29 is 13.6 Å². The first-order chi connectivity index (χ1) is 29.5. The summed E-state index contributed by atoms with van der Waals surface area (Å²) in [7, 11) is 0. The Labute approximate surface area is 348 Å². The average molecular weight is 799 g/mol. The molecule has 0 radical (unpaired) electrons. The number of rotatable bonds is 9. The molecule has 2 N–H and O–H groups in total. The van der Waals surface area contributed by atoms with Gasteiger partial charge in [0.05, 0.1) is 34.2 Å². The molecule has 8 heterocycles. The minimum Gasteiger partial charge on any atom is -0.465 e. The van der Waals surface area contributed by atoms with Crippen molar-refractivity contribution >= 4 is 69.6 Å². The second-order valence-electron chi connectivity index (χ2n) is 16.1. The number of nitrogens with zero attached hydrogens (tertiary/aromatic N) is 8. The molecule has 2 fully saturated rings. The molecule has 0 saturated carbocycles. The molecular formula is C47H46N10O3. The van der Waals surface area contributed by atoms with E-state index in [1.807, 2.05) is 55.2 Å². The molecule has 0 amide bonds. The molecule has 11 rings (SSSR count). The summed E-state index contributed by atoms with van der Waals surface area (Å²) < 4.78 is 18.4. The van der Waals surface area contributed by atoms with E-state index in [9.17, 15) is 0 Å². The molecule has 1 unspecified atom stereocenters. The van der Waals surface area contributed by atoms with E-state index < -0.39 is 0 Å². The van der Waals surface area contributed by atoms with Crippen molar-refractivity contribution in [1.29, 1.82) is 0 Å². The van der Waals surface area contributed by atoms with Crippen LogP contribution in [-0.4, -0.2) is 66.5 Å². The fourth-order valence-electron chi connectivity index (χ4n) is 8.77. The first-order valence-corrected chi connectivity index (χ1v) is 21.1. The van der Waals surface area contributed by atoms with Gasteiger partial charge >= 0.3 is 0 Å². The van der Waals surface area contributed by atoms with Crippen LogP contribution < -0.4 is 20.4 Å². The summed E-state index contributed by atoms with van der Waals surface area (Å²) in [5.74, 6) is 4.53. The van der Waals surface area contributed by atoms with E-state index in [4.69, 9.17) is 38.5 Å². The van der Waals surface area contributed by atoms with Gasteiger partial charge in [0.15, 0.2) is 11.8 Å². The van der Waals surface area contributed by atoms with Crippen LogP contribution in [-0.2, 0) is 4.74 Å². The van der Waals surface area contributed by atoms with Gasteiger partial charge in [-0.2, -0.15) is 9.98 Å². The zero-order valence-electron chi connectivity index (χ0n) is 33.8. The van der Waals surface area contributed by atoms with Gasteiger partial charge in [-0.25, -0.2) is 19.9 Å². The van der Waals surface area contributed by atoms with E-state index in [1.165, 1.54) is 38.5 Å². The quantitative estimate of drug-likeness (QED) is 0.171. The summed E-state index contributed by atoms with van der Waals surface area (Å²) in [6, 6.07) is 20.9. The molecule has 2 aromatic heterocycles. The average Bonchev–Trinajstić information content (AvgIpc) is 4.03. The molecule has 0 spiro atoms. The van der Waals surface area contributed by atoms with Crippen molar-refractivity contribution in [2.45, 2.75) is 64.9 Å². The van der Waals surface area contributed by atoms with Crippen molar-refractivity contribution in [1.82, 2.24) is 4.90 Å². The van der Waals surface area contributed by atoms with Crippen LogP contribution in [0.4, 0.5) is 34.5 Å². The predicted molar refractivity (Wildman–Crippen MR) is 239 cm³/mol. The maximum absolute atomic E-state index is 6.35. The zero-order valence-corrected chi connectivity index (χ0v) is 33.8. The first-order valence-electron chi connectivity index (χ1n) is 21.1. The third kappa shape index (κ3) is 6.93. The number of furan rings is 2. The first kappa shape index (κ1) is 36.2. The largest absolute Gasteiger partial charge is 0.465 e. The van der Waals surface area contributed by atoms with Gasteiger partial charge in [-0.15, -0.1) is 0 Å². The molecule has 60 heavy (non-hydrogen) atoms. The highest BCUT2D eigenvalue weighted by atomic mass is 16.5. The Morgan fingerprint density at radius 1 is 0.633 bits per heavy atom. The Hall–Kier alpha value is -6.89. The maximum Gasteiger partial charge on any atom is 0.261 e. The number of aliphatic imine (C=N–C) groups is 5. The summed E-state index contributed by atoms with van der Waals surface area (Å²) >= 11 is 0. The van der Waals surface area contributed by atoms with Crippen molar-refractivity contribution in [3.05, 3.63) is 125 Å². The Morgan fingerprint density at radius 2 is 1.27 bits per heavy atom. The van der Waals surface area contributed by atoms with Crippen LogP contribution in [0.15, 0.2) is 136 Å². The lowest BCUT2D eigenvalue weighted by atomic mass is 10.0. The second kappa shape index (κ2) is 15.0. The van der Waals surface area contributed by atoms with Crippen LogP contribution in [0.25, 0.3) is 5.70 Å². The lowest BCUT2D eigenvalue weighted by Gasteiger charge is -2.33. The van der Waals surface area contributed by atoms with E-state index in [2.05, 4.69) is 75.1 Å². The fraction of sp³-hybridized carbons (Fsp3) is 0.298. The minimum atomic E-state index is -0.176. The molecule has 13 heteroatoms. The standard InChI is InChI=1S/C47H46N10O3/c1-29-13-19-42(58-29)48-37-25-31(55-21-7-3-8-22-55)15-17-34(37)39-27-33-28-40(35-18-16-32(56-23-9-4-10-24-56)26-38(35)49-43-20-14-30(2)59-43)52-47-54-44(53-46(51-39)57(33)47)45-50-36-11-5-6-12-41(36)60-45/h5-6,11,13-20,25-28,41,48-49H,3-4,7-10,12,21-24H2,1-2H3. The van der Waals surface area contributed by atoms with Gasteiger partial charge in [0.25, 0.3) is 5.90 Å². The molecule has 302 valence electrons. The Kier molecular flexibility index (Phi) is 9.08. The summed E-state index contributed by atoms with van der Waals surface area (Å²) in [6.07, 6.45) is 18.0. The van der Waals surface area contributed by atoms with Gasteiger partial charge in [-0.05, 0) is 119 Å². The SMILES string of the molecule is Cc1ccc(Nc2cc(N3CCCCC3)ccc2C2=CC3=CC(c4ccc(N5CCCCC5)cc4Nc4ccc(C)o4)=NC4=NC(C5=NC6=CC=CCC6O5)=NC(=N2)N34)o1. The number of fused-ring (bicyclic) bond motifs is 1. The van der Waals surface area contributed by atoms with Crippen LogP contribution in [0.1, 0.15) is 67.6 Å². The molecule has 4 aromatic rings. The summed E-state index contributed by atoms with van der Waals surface area (Å²) in [6.45, 7) is 8.02. The maximum atomic E-state index is 6.35. The number of ether oxygens (including phenoxy) is 1. The van der Waals surface area contributed by atoms with Crippen LogP contribution in [0.2, 0.25) is 0 Å². The molecule has 0 bridgehead atoms. The lowest BCUT2D eigenvalue weighted by molar-refractivity contribution is 0.251. The van der Waals surface area contributed by atoms with Gasteiger partial charge in [-0.3, -0.25) is 0 Å². The number of guanidine groups is 2. The number of benzene rings is 2. The minimum absolute atomic E-state index is 0.176. The smallest absolute Gasteiger partial charge is 0.261 e. The summed E-state index contributed by atoms with van der Waals surface area (Å²) in [5.41, 5.74) is 9.05. The monoisotopic (exact) mass is 798 g/mol. The number of nitrogens with one attached hydrogen (secondary N) is 2. The van der Waals surface area contributed by atoms with Crippen molar-refractivity contribution in [3.63, 3.8) is 0 Å². The highest BCUT2D eigenvalue weighted by molar-refractivity contribution is 6.44. The molecular weight excluding hydrogens is 753 g/mol. The topological polar surface area (TPSA) is 131 Å². The Morgan fingerprint density at radius 3 is 1.90 bits per heavy atom. The third-order valence-electron chi connectivity index (χ3n) is 11.8. The van der Waals surface area contributed by atoms with E-state index in [0.717, 1.165) is 101 Å². The Bertz CT molecular complexity index is 2570. The molecule has 7 aliphatic rings. The van der Waals surface area contributed by atoms with E-state index in [-0.39, 0.29) is 6.10 Å². The second-order valence-corrected chi connectivity index (χ2v) is 16.1. The number of hydrogen-bond acceptors (Lipinski definition) is 13. The van der Waals surface area contributed by atoms with Crippen molar-refractivity contribution in [2.24, 2.45) is 25.0 Å². The molecule has 1 atom stereocenters. The van der Waals surface area contributed by atoms with E-state index in [1.54, 1.807) is 0 Å². The van der Waals surface area contributed by atoms with Crippen LogP contribution in [0.3, 0.4) is 0 Å². The number of aryl methyl sites for hydroxylation is 2. The number of piperidine rings is 2. The van der Waals surface area contributed by atoms with Crippen molar-refractivity contribution in [2.75, 3.05) is 46.6 Å². The van der Waals surface area contributed by atoms with Crippen LogP contribution in [0.5, 0.6) is 0 Å². The summed E-state index contributed by atoms with van der Waals surface area (Å²) in [4.78, 5) is 32.1. The number of allylic oxidation sites excluding steroid dienone is 4.